The van der Waals surface area contributed by atoms with Gasteiger partial charge in [0.05, 0.1) is 5.69 Å². The van der Waals surface area contributed by atoms with Crippen molar-refractivity contribution >= 4 is 15.9 Å². The Morgan fingerprint density at radius 2 is 1.90 bits per heavy atom. The normalized spacial score (nSPS) is 16.1. The molecule has 1 fully saturated rings. The molecule has 0 amide bonds. The molecule has 1 heterocycles. The van der Waals surface area contributed by atoms with E-state index >= 15 is 0 Å². The number of halogens is 1. The van der Waals surface area contributed by atoms with E-state index in [-0.39, 0.29) is 5.41 Å². The van der Waals surface area contributed by atoms with Gasteiger partial charge in [0, 0.05) is 27.7 Å². The van der Waals surface area contributed by atoms with Crippen molar-refractivity contribution in [2.24, 2.45) is 0 Å². The molecule has 1 aromatic carbocycles. The van der Waals surface area contributed by atoms with E-state index in [1.165, 1.54) is 12.8 Å². The molecular formula is C16H18BrN3. The number of benzene rings is 1. The second kappa shape index (κ2) is 5.26. The molecule has 0 aliphatic heterocycles. The summed E-state index contributed by atoms with van der Waals surface area (Å²) in [5.41, 5.74) is 3.35. The molecule has 0 unspecified atom stereocenters. The molecule has 3 nitrogen and oxygen atoms in total. The number of nitrogens with zero attached hydrogens (tertiary/aromatic N) is 2. The van der Waals surface area contributed by atoms with Gasteiger partial charge in [0.15, 0.2) is 0 Å². The summed E-state index contributed by atoms with van der Waals surface area (Å²) in [6.07, 6.45) is 2.36. The minimum absolute atomic E-state index is 0.158. The minimum Gasteiger partial charge on any atom is -0.319 e. The monoisotopic (exact) mass is 331 g/mol. The van der Waals surface area contributed by atoms with E-state index < -0.39 is 0 Å². The second-order valence-electron chi connectivity index (χ2n) is 5.54. The first-order chi connectivity index (χ1) is 9.63. The van der Waals surface area contributed by atoms with Crippen molar-refractivity contribution in [1.29, 1.82) is 0 Å². The average Bonchev–Trinajstić information content (AvgIpc) is 3.20. The van der Waals surface area contributed by atoms with E-state index in [9.17, 15) is 0 Å². The van der Waals surface area contributed by atoms with E-state index in [1.54, 1.807) is 0 Å². The molecular weight excluding hydrogens is 314 g/mol. The zero-order valence-electron chi connectivity index (χ0n) is 11.8. The van der Waals surface area contributed by atoms with Gasteiger partial charge < -0.3 is 5.32 Å². The first-order valence-electron chi connectivity index (χ1n) is 6.90. The highest BCUT2D eigenvalue weighted by molar-refractivity contribution is 9.10. The van der Waals surface area contributed by atoms with Crippen LogP contribution in [-0.2, 0) is 5.41 Å². The van der Waals surface area contributed by atoms with Crippen LogP contribution in [0.15, 0.2) is 34.8 Å². The molecule has 0 spiro atoms. The number of aryl methyl sites for hydroxylation is 1. The summed E-state index contributed by atoms with van der Waals surface area (Å²) >= 11 is 3.47. The molecule has 1 saturated carbocycles. The fourth-order valence-corrected chi connectivity index (χ4v) is 2.81. The van der Waals surface area contributed by atoms with Crippen LogP contribution in [0.3, 0.4) is 0 Å². The Labute approximate surface area is 128 Å². The van der Waals surface area contributed by atoms with Crippen molar-refractivity contribution < 1.29 is 0 Å². The summed E-state index contributed by atoms with van der Waals surface area (Å²) < 4.78 is 1.08. The van der Waals surface area contributed by atoms with Gasteiger partial charge in [0.2, 0.25) is 0 Å². The first-order valence-corrected chi connectivity index (χ1v) is 7.69. The highest BCUT2D eigenvalue weighted by Crippen LogP contribution is 2.46. The molecule has 1 aliphatic carbocycles. The summed E-state index contributed by atoms with van der Waals surface area (Å²) in [6.45, 7) is 3.00. The molecule has 1 aromatic heterocycles. The van der Waals surface area contributed by atoms with Crippen molar-refractivity contribution in [3.63, 3.8) is 0 Å². The Morgan fingerprint density at radius 1 is 1.20 bits per heavy atom. The molecule has 1 aliphatic rings. The average molecular weight is 332 g/mol. The Kier molecular flexibility index (Phi) is 3.61. The van der Waals surface area contributed by atoms with Gasteiger partial charge in [0.1, 0.15) is 5.82 Å². The predicted molar refractivity (Wildman–Crippen MR) is 84.7 cm³/mol. The van der Waals surface area contributed by atoms with E-state index in [1.807, 2.05) is 26.1 Å². The van der Waals surface area contributed by atoms with Crippen LogP contribution >= 0.6 is 15.9 Å². The van der Waals surface area contributed by atoms with Crippen LogP contribution in [0.2, 0.25) is 0 Å². The van der Waals surface area contributed by atoms with Gasteiger partial charge in [-0.15, -0.1) is 0 Å². The zero-order chi connectivity index (χ0) is 14.2. The van der Waals surface area contributed by atoms with Crippen LogP contribution in [-0.4, -0.2) is 23.6 Å². The summed E-state index contributed by atoms with van der Waals surface area (Å²) in [7, 11) is 1.99. The maximum absolute atomic E-state index is 4.82. The number of rotatable bonds is 4. The van der Waals surface area contributed by atoms with Gasteiger partial charge in [-0.25, -0.2) is 9.97 Å². The van der Waals surface area contributed by atoms with Crippen molar-refractivity contribution in [2.75, 3.05) is 13.6 Å². The Bertz CT molecular complexity index is 618. The molecule has 0 atom stereocenters. The topological polar surface area (TPSA) is 37.8 Å². The summed E-state index contributed by atoms with van der Waals surface area (Å²) in [6, 6.07) is 10.3. The third-order valence-corrected chi connectivity index (χ3v) is 4.37. The van der Waals surface area contributed by atoms with Crippen LogP contribution in [0.5, 0.6) is 0 Å². The third kappa shape index (κ3) is 2.63. The van der Waals surface area contributed by atoms with Gasteiger partial charge in [-0.3, -0.25) is 0 Å². The first kappa shape index (κ1) is 13.7. The molecule has 1 N–H and O–H groups in total. The number of aromatic nitrogens is 2. The molecule has 0 radical (unpaired) electrons. The Balaban J connectivity index is 2.01. The fourth-order valence-electron chi connectivity index (χ4n) is 2.54. The highest BCUT2D eigenvalue weighted by atomic mass is 79.9. The minimum atomic E-state index is 0.158. The smallest absolute Gasteiger partial charge is 0.136 e. The predicted octanol–water partition coefficient (Wildman–Crippen LogP) is 3.47. The van der Waals surface area contributed by atoms with E-state index in [0.29, 0.717) is 0 Å². The highest BCUT2D eigenvalue weighted by Gasteiger charge is 2.46. The lowest BCUT2D eigenvalue weighted by molar-refractivity contribution is 0.586. The van der Waals surface area contributed by atoms with Crippen molar-refractivity contribution in [3.05, 3.63) is 46.3 Å². The molecule has 104 valence electrons. The van der Waals surface area contributed by atoms with Crippen LogP contribution in [0.1, 0.15) is 24.4 Å². The number of likely N-dealkylation sites (N-methyl/N-ethyl adjacent to an activating group) is 1. The van der Waals surface area contributed by atoms with Crippen molar-refractivity contribution in [3.8, 4) is 11.3 Å². The molecule has 0 bridgehead atoms. The number of nitrogens with one attached hydrogen (secondary N) is 1. The third-order valence-electron chi connectivity index (χ3n) is 3.84. The second-order valence-corrected chi connectivity index (χ2v) is 6.45. The number of hydrogen-bond donors (Lipinski definition) is 1. The van der Waals surface area contributed by atoms with Gasteiger partial charge in [-0.1, -0.05) is 28.1 Å². The molecule has 4 heteroatoms. The van der Waals surface area contributed by atoms with Gasteiger partial charge >= 0.3 is 0 Å². The van der Waals surface area contributed by atoms with Crippen molar-refractivity contribution in [1.82, 2.24) is 15.3 Å². The Hall–Kier alpha value is -1.26. The van der Waals surface area contributed by atoms with E-state index in [0.717, 1.165) is 33.8 Å². The maximum atomic E-state index is 4.82. The van der Waals surface area contributed by atoms with Crippen LogP contribution in [0.25, 0.3) is 11.3 Å². The van der Waals surface area contributed by atoms with Crippen LogP contribution in [0.4, 0.5) is 0 Å². The fraction of sp³-hybridized carbons (Fsp3) is 0.375. The van der Waals surface area contributed by atoms with Gasteiger partial charge in [-0.2, -0.15) is 0 Å². The zero-order valence-corrected chi connectivity index (χ0v) is 13.4. The number of hydrogen-bond acceptors (Lipinski definition) is 3. The molecule has 3 rings (SSSR count). The van der Waals surface area contributed by atoms with Gasteiger partial charge in [-0.05, 0) is 45.0 Å². The maximum Gasteiger partial charge on any atom is 0.136 e. The molecule has 0 saturated heterocycles. The van der Waals surface area contributed by atoms with Crippen LogP contribution < -0.4 is 5.32 Å². The largest absolute Gasteiger partial charge is 0.319 e. The van der Waals surface area contributed by atoms with E-state index in [2.05, 4.69) is 44.4 Å². The van der Waals surface area contributed by atoms with Crippen LogP contribution in [0, 0.1) is 6.92 Å². The Morgan fingerprint density at radius 3 is 2.50 bits per heavy atom. The lowest BCUT2D eigenvalue weighted by atomic mass is 10.1. The molecule has 2 aromatic rings. The standard InChI is InChI=1S/C16H18BrN3/c1-11-9-14(12-3-5-13(17)6-4-12)20-15(19-11)16(7-8-16)10-18-2/h3-6,9,18H,7-8,10H2,1-2H3. The lowest BCUT2D eigenvalue weighted by Crippen LogP contribution is -2.26. The molecule has 20 heavy (non-hydrogen) atoms. The van der Waals surface area contributed by atoms with Crippen molar-refractivity contribution in [2.45, 2.75) is 25.2 Å². The summed E-state index contributed by atoms with van der Waals surface area (Å²) in [4.78, 5) is 9.49. The summed E-state index contributed by atoms with van der Waals surface area (Å²) in [5, 5.41) is 3.27. The van der Waals surface area contributed by atoms with Gasteiger partial charge in [0.25, 0.3) is 0 Å². The summed E-state index contributed by atoms with van der Waals surface area (Å²) in [5.74, 6) is 0.991. The quantitative estimate of drug-likeness (QED) is 0.932. The van der Waals surface area contributed by atoms with E-state index in [4.69, 9.17) is 4.98 Å². The lowest BCUT2D eigenvalue weighted by Gasteiger charge is -2.15. The SMILES string of the molecule is CNCC1(c2nc(C)cc(-c3ccc(Br)cc3)n2)CC1.